The smallest absolute Gasteiger partial charge is 0.306 e. The fourth-order valence-electron chi connectivity index (χ4n) is 3.57. The van der Waals surface area contributed by atoms with Crippen molar-refractivity contribution in [2.24, 2.45) is 11.8 Å². The summed E-state index contributed by atoms with van der Waals surface area (Å²) in [6.45, 7) is 0.558. The van der Waals surface area contributed by atoms with Gasteiger partial charge in [0.2, 0.25) is 5.91 Å². The van der Waals surface area contributed by atoms with E-state index in [-0.39, 0.29) is 29.9 Å². The summed E-state index contributed by atoms with van der Waals surface area (Å²) in [7, 11) is 0. The van der Waals surface area contributed by atoms with E-state index in [1.807, 2.05) is 30.3 Å². The summed E-state index contributed by atoms with van der Waals surface area (Å²) in [5.74, 6) is -1.30. The Kier molecular flexibility index (Phi) is 5.51. The first-order valence-corrected chi connectivity index (χ1v) is 8.82. The Labute approximate surface area is 142 Å². The third-order valence-corrected chi connectivity index (χ3v) is 5.20. The van der Waals surface area contributed by atoms with Crippen LogP contribution < -0.4 is 5.32 Å². The summed E-state index contributed by atoms with van der Waals surface area (Å²) in [5, 5.41) is 12.0. The highest BCUT2D eigenvalue weighted by molar-refractivity contribution is 5.83. The van der Waals surface area contributed by atoms with E-state index in [1.165, 1.54) is 0 Å². The van der Waals surface area contributed by atoms with E-state index in [1.54, 1.807) is 0 Å². The van der Waals surface area contributed by atoms with Gasteiger partial charge in [-0.3, -0.25) is 9.59 Å². The summed E-state index contributed by atoms with van der Waals surface area (Å²) >= 11 is 0. The van der Waals surface area contributed by atoms with Gasteiger partial charge < -0.3 is 15.2 Å². The molecule has 0 saturated heterocycles. The molecule has 1 aromatic carbocycles. The molecule has 0 heterocycles. The summed E-state index contributed by atoms with van der Waals surface area (Å²) in [6.07, 6.45) is 5.07. The van der Waals surface area contributed by atoms with E-state index in [2.05, 4.69) is 5.32 Å². The van der Waals surface area contributed by atoms with Gasteiger partial charge in [-0.2, -0.15) is 0 Å². The highest BCUT2D eigenvalue weighted by Gasteiger charge is 2.40. The molecule has 0 spiro atoms. The van der Waals surface area contributed by atoms with Crippen molar-refractivity contribution in [3.05, 3.63) is 35.9 Å². The first-order valence-electron chi connectivity index (χ1n) is 8.82. The van der Waals surface area contributed by atoms with Crippen molar-refractivity contribution < 1.29 is 19.4 Å². The van der Waals surface area contributed by atoms with Gasteiger partial charge >= 0.3 is 5.97 Å². The quantitative estimate of drug-likeness (QED) is 0.840. The maximum absolute atomic E-state index is 12.3. The molecule has 2 aliphatic rings. The summed E-state index contributed by atoms with van der Waals surface area (Å²) in [4.78, 5) is 23.2. The molecule has 130 valence electrons. The minimum atomic E-state index is -0.791. The lowest BCUT2D eigenvalue weighted by atomic mass is 9.74. The average molecular weight is 331 g/mol. The van der Waals surface area contributed by atoms with Crippen LogP contribution in [0.4, 0.5) is 0 Å². The lowest BCUT2D eigenvalue weighted by Crippen LogP contribution is -2.50. The number of carboxylic acids is 1. The molecule has 2 fully saturated rings. The van der Waals surface area contributed by atoms with Gasteiger partial charge in [-0.05, 0) is 31.2 Å². The van der Waals surface area contributed by atoms with Crippen LogP contribution in [0.2, 0.25) is 0 Å². The molecular weight excluding hydrogens is 306 g/mol. The van der Waals surface area contributed by atoms with Crippen molar-refractivity contribution in [1.82, 2.24) is 5.32 Å². The normalized spacial score (nSPS) is 29.5. The molecule has 0 bridgehead atoms. The van der Waals surface area contributed by atoms with Crippen LogP contribution in [0, 0.1) is 11.8 Å². The molecule has 2 aliphatic carbocycles. The van der Waals surface area contributed by atoms with E-state index in [9.17, 15) is 9.59 Å². The second kappa shape index (κ2) is 7.79. The fraction of sp³-hybridized carbons (Fsp3) is 0.579. The molecule has 0 aliphatic heterocycles. The van der Waals surface area contributed by atoms with Gasteiger partial charge in [-0.15, -0.1) is 0 Å². The fourth-order valence-corrected chi connectivity index (χ4v) is 3.57. The third-order valence-electron chi connectivity index (χ3n) is 5.20. The maximum Gasteiger partial charge on any atom is 0.306 e. The molecule has 0 radical (unpaired) electrons. The van der Waals surface area contributed by atoms with Gasteiger partial charge in [0.1, 0.15) is 0 Å². The zero-order chi connectivity index (χ0) is 16.9. The predicted octanol–water partition coefficient (Wildman–Crippen LogP) is 2.74. The first-order chi connectivity index (χ1) is 11.6. The molecule has 1 amide bonds. The van der Waals surface area contributed by atoms with Gasteiger partial charge in [-0.25, -0.2) is 0 Å². The number of carbonyl (C=O) groups excluding carboxylic acids is 1. The van der Waals surface area contributed by atoms with Gasteiger partial charge in [0.25, 0.3) is 0 Å². The number of hydrogen-bond donors (Lipinski definition) is 2. The minimum absolute atomic E-state index is 0.00675. The van der Waals surface area contributed by atoms with Crippen LogP contribution >= 0.6 is 0 Å². The van der Waals surface area contributed by atoms with Crippen molar-refractivity contribution in [2.45, 2.75) is 57.3 Å². The molecule has 0 unspecified atom stereocenters. The van der Waals surface area contributed by atoms with Crippen molar-refractivity contribution >= 4 is 11.9 Å². The largest absolute Gasteiger partial charge is 0.481 e. The van der Waals surface area contributed by atoms with Crippen LogP contribution in [0.5, 0.6) is 0 Å². The van der Waals surface area contributed by atoms with Crippen molar-refractivity contribution in [3.63, 3.8) is 0 Å². The number of hydrogen-bond acceptors (Lipinski definition) is 3. The Morgan fingerprint density at radius 1 is 1.08 bits per heavy atom. The number of amides is 1. The number of nitrogens with one attached hydrogen (secondary N) is 1. The van der Waals surface area contributed by atoms with Gasteiger partial charge in [0, 0.05) is 5.92 Å². The van der Waals surface area contributed by atoms with Gasteiger partial charge in [-0.1, -0.05) is 43.2 Å². The second-order valence-corrected chi connectivity index (χ2v) is 6.94. The molecule has 2 atom stereocenters. The monoisotopic (exact) mass is 331 g/mol. The van der Waals surface area contributed by atoms with Crippen LogP contribution in [0.3, 0.4) is 0 Å². The van der Waals surface area contributed by atoms with Crippen molar-refractivity contribution in [1.29, 1.82) is 0 Å². The Bertz CT molecular complexity index is 568. The van der Waals surface area contributed by atoms with Crippen LogP contribution in [0.25, 0.3) is 0 Å². The Morgan fingerprint density at radius 2 is 1.79 bits per heavy atom. The number of carboxylic acid groups (broad SMARTS) is 1. The summed E-state index contributed by atoms with van der Waals surface area (Å²) in [5.41, 5.74) is 1.14. The molecule has 0 aromatic heterocycles. The maximum atomic E-state index is 12.3. The lowest BCUT2D eigenvalue weighted by molar-refractivity contribution is -0.149. The zero-order valence-electron chi connectivity index (χ0n) is 13.8. The number of aliphatic carboxylic acids is 1. The van der Waals surface area contributed by atoms with Crippen molar-refractivity contribution in [2.75, 3.05) is 0 Å². The number of ether oxygens (including phenoxy) is 1. The second-order valence-electron chi connectivity index (χ2n) is 6.94. The minimum Gasteiger partial charge on any atom is -0.481 e. The average Bonchev–Trinajstić information content (AvgIpc) is 2.53. The van der Waals surface area contributed by atoms with E-state index in [0.717, 1.165) is 31.2 Å². The molecule has 5 heteroatoms. The van der Waals surface area contributed by atoms with E-state index in [0.29, 0.717) is 19.4 Å². The van der Waals surface area contributed by atoms with E-state index >= 15 is 0 Å². The van der Waals surface area contributed by atoms with Crippen LogP contribution in [0.15, 0.2) is 30.3 Å². The standard InChI is InChI=1S/C19H25NO4/c21-18(14-10-15(11-14)19(22)23)20-16-8-4-5-9-17(16)24-12-13-6-2-1-3-7-13/h1-3,6-7,14-17H,4-5,8-12H2,(H,20,21)(H,22,23)/t14?,15?,16-,17-/m1/s1. The topological polar surface area (TPSA) is 75.6 Å². The lowest BCUT2D eigenvalue weighted by Gasteiger charge is -2.36. The molecule has 2 saturated carbocycles. The molecule has 24 heavy (non-hydrogen) atoms. The molecule has 2 N–H and O–H groups in total. The predicted molar refractivity (Wildman–Crippen MR) is 89.3 cm³/mol. The van der Waals surface area contributed by atoms with Crippen LogP contribution in [-0.4, -0.2) is 29.1 Å². The van der Waals surface area contributed by atoms with Crippen LogP contribution in [-0.2, 0) is 20.9 Å². The van der Waals surface area contributed by atoms with E-state index in [4.69, 9.17) is 9.84 Å². The van der Waals surface area contributed by atoms with E-state index < -0.39 is 5.97 Å². The Balaban J connectivity index is 1.49. The Hall–Kier alpha value is -1.88. The SMILES string of the molecule is O=C(O)C1CC(C(=O)N[C@@H]2CCCC[C@H]2OCc2ccccc2)C1. The number of benzene rings is 1. The van der Waals surface area contributed by atoms with Gasteiger partial charge in [0.15, 0.2) is 0 Å². The molecule has 3 rings (SSSR count). The molecule has 5 nitrogen and oxygen atoms in total. The van der Waals surface area contributed by atoms with Gasteiger partial charge in [0.05, 0.1) is 24.7 Å². The highest BCUT2D eigenvalue weighted by Crippen LogP contribution is 2.34. The zero-order valence-corrected chi connectivity index (χ0v) is 13.8. The first kappa shape index (κ1) is 17.0. The molecule has 1 aromatic rings. The third kappa shape index (κ3) is 4.15. The summed E-state index contributed by atoms with van der Waals surface area (Å²) < 4.78 is 6.06. The molecular formula is C19H25NO4. The van der Waals surface area contributed by atoms with Crippen LogP contribution in [0.1, 0.15) is 44.1 Å². The number of carbonyl (C=O) groups is 2. The summed E-state index contributed by atoms with van der Waals surface area (Å²) in [6, 6.07) is 10.1. The Morgan fingerprint density at radius 3 is 2.50 bits per heavy atom. The highest BCUT2D eigenvalue weighted by atomic mass is 16.5. The van der Waals surface area contributed by atoms with Crippen molar-refractivity contribution in [3.8, 4) is 0 Å². The number of rotatable bonds is 6.